The number of hydrogen-bond acceptors (Lipinski definition) is 5. The van der Waals surface area contributed by atoms with Crippen LogP contribution in [-0.2, 0) is 13.0 Å². The van der Waals surface area contributed by atoms with Crippen molar-refractivity contribution in [3.8, 4) is 22.1 Å². The van der Waals surface area contributed by atoms with E-state index in [-0.39, 0.29) is 0 Å². The maximum Gasteiger partial charge on any atom is 0.161 e. The highest BCUT2D eigenvalue weighted by Crippen LogP contribution is 2.35. The third-order valence-corrected chi connectivity index (χ3v) is 4.18. The van der Waals surface area contributed by atoms with Gasteiger partial charge in [0.25, 0.3) is 0 Å². The van der Waals surface area contributed by atoms with Gasteiger partial charge in [0.15, 0.2) is 11.5 Å². The largest absolute Gasteiger partial charge is 0.493 e. The SMILES string of the molecule is CCOc1ccc(-c2nc(CC)c(CN)s2)cc1OC. The predicted molar refractivity (Wildman–Crippen MR) is 82.5 cm³/mol. The maximum absolute atomic E-state index is 5.76. The molecule has 4 nitrogen and oxygen atoms in total. The summed E-state index contributed by atoms with van der Waals surface area (Å²) in [6.07, 6.45) is 0.900. The van der Waals surface area contributed by atoms with Crippen LogP contribution >= 0.6 is 11.3 Å². The van der Waals surface area contributed by atoms with Crippen molar-refractivity contribution < 1.29 is 9.47 Å². The summed E-state index contributed by atoms with van der Waals surface area (Å²) in [5.74, 6) is 1.48. The Hall–Kier alpha value is -1.59. The van der Waals surface area contributed by atoms with Gasteiger partial charge in [-0.25, -0.2) is 4.98 Å². The molecule has 1 heterocycles. The number of ether oxygens (including phenoxy) is 2. The number of thiazole rings is 1. The molecule has 0 atom stereocenters. The van der Waals surface area contributed by atoms with E-state index >= 15 is 0 Å². The second-order valence-corrected chi connectivity index (χ2v) is 5.33. The molecule has 0 aliphatic heterocycles. The normalized spacial score (nSPS) is 10.6. The minimum Gasteiger partial charge on any atom is -0.493 e. The topological polar surface area (TPSA) is 57.4 Å². The Bertz CT molecular complexity index is 560. The minimum absolute atomic E-state index is 0.537. The van der Waals surface area contributed by atoms with Gasteiger partial charge in [0.2, 0.25) is 0 Å². The van der Waals surface area contributed by atoms with Crippen molar-refractivity contribution in [2.24, 2.45) is 5.73 Å². The lowest BCUT2D eigenvalue weighted by Crippen LogP contribution is -1.96. The van der Waals surface area contributed by atoms with Crippen LogP contribution in [0.1, 0.15) is 24.4 Å². The van der Waals surface area contributed by atoms with E-state index in [0.29, 0.717) is 13.2 Å². The molecule has 0 spiro atoms. The number of methoxy groups -OCH3 is 1. The Kier molecular flexibility index (Phi) is 4.98. The third-order valence-electron chi connectivity index (χ3n) is 3.01. The van der Waals surface area contributed by atoms with Crippen molar-refractivity contribution in [3.63, 3.8) is 0 Å². The Morgan fingerprint density at radius 1 is 1.25 bits per heavy atom. The highest BCUT2D eigenvalue weighted by Gasteiger charge is 2.12. The van der Waals surface area contributed by atoms with Crippen LogP contribution in [0.3, 0.4) is 0 Å². The fraction of sp³-hybridized carbons (Fsp3) is 0.400. The molecule has 1 aromatic carbocycles. The van der Waals surface area contributed by atoms with Gasteiger partial charge in [-0.1, -0.05) is 6.92 Å². The van der Waals surface area contributed by atoms with Crippen LogP contribution in [-0.4, -0.2) is 18.7 Å². The average molecular weight is 292 g/mol. The van der Waals surface area contributed by atoms with Crippen LogP contribution in [0.5, 0.6) is 11.5 Å². The van der Waals surface area contributed by atoms with E-state index in [0.717, 1.165) is 39.1 Å². The number of aromatic nitrogens is 1. The summed E-state index contributed by atoms with van der Waals surface area (Å²) >= 11 is 1.64. The molecule has 5 heteroatoms. The van der Waals surface area contributed by atoms with Crippen molar-refractivity contribution in [3.05, 3.63) is 28.8 Å². The Labute approximate surface area is 123 Å². The highest BCUT2D eigenvalue weighted by atomic mass is 32.1. The van der Waals surface area contributed by atoms with Crippen molar-refractivity contribution in [1.82, 2.24) is 4.98 Å². The fourth-order valence-corrected chi connectivity index (χ4v) is 3.04. The molecular weight excluding hydrogens is 272 g/mol. The summed E-state index contributed by atoms with van der Waals surface area (Å²) in [6, 6.07) is 5.89. The number of benzene rings is 1. The molecule has 0 fully saturated rings. The molecule has 20 heavy (non-hydrogen) atoms. The average Bonchev–Trinajstić information content (AvgIpc) is 2.91. The van der Waals surface area contributed by atoms with E-state index < -0.39 is 0 Å². The summed E-state index contributed by atoms with van der Waals surface area (Å²) in [5, 5.41) is 0.976. The van der Waals surface area contributed by atoms with Gasteiger partial charge in [0.05, 0.1) is 19.4 Å². The highest BCUT2D eigenvalue weighted by molar-refractivity contribution is 7.15. The van der Waals surface area contributed by atoms with Gasteiger partial charge < -0.3 is 15.2 Å². The lowest BCUT2D eigenvalue weighted by Gasteiger charge is -2.09. The Morgan fingerprint density at radius 3 is 2.60 bits per heavy atom. The second-order valence-electron chi connectivity index (χ2n) is 4.25. The molecule has 0 unspecified atom stereocenters. The van der Waals surface area contributed by atoms with E-state index in [2.05, 4.69) is 11.9 Å². The number of hydrogen-bond donors (Lipinski definition) is 1. The number of nitrogens with zero attached hydrogens (tertiary/aromatic N) is 1. The Balaban J connectivity index is 2.39. The summed E-state index contributed by atoms with van der Waals surface area (Å²) in [5.41, 5.74) is 7.88. The molecule has 0 saturated heterocycles. The minimum atomic E-state index is 0.537. The standard InChI is InChI=1S/C15H20N2O2S/c1-4-11-14(9-16)20-15(17-11)10-6-7-12(19-5-2)13(8-10)18-3/h6-8H,4-5,9,16H2,1-3H3. The first-order valence-corrected chi connectivity index (χ1v) is 7.54. The van der Waals surface area contributed by atoms with Crippen molar-refractivity contribution >= 4 is 11.3 Å². The molecule has 108 valence electrons. The van der Waals surface area contributed by atoms with E-state index in [4.69, 9.17) is 15.2 Å². The number of nitrogens with two attached hydrogens (primary N) is 1. The Morgan fingerprint density at radius 2 is 2.05 bits per heavy atom. The molecule has 2 rings (SSSR count). The van der Waals surface area contributed by atoms with Crippen LogP contribution < -0.4 is 15.2 Å². The lowest BCUT2D eigenvalue weighted by atomic mass is 10.2. The van der Waals surface area contributed by atoms with Gasteiger partial charge in [-0.05, 0) is 31.5 Å². The summed E-state index contributed by atoms with van der Waals surface area (Å²) in [7, 11) is 1.65. The van der Waals surface area contributed by atoms with Crippen LogP contribution in [0.25, 0.3) is 10.6 Å². The van der Waals surface area contributed by atoms with Gasteiger partial charge >= 0.3 is 0 Å². The lowest BCUT2D eigenvalue weighted by molar-refractivity contribution is 0.311. The smallest absolute Gasteiger partial charge is 0.161 e. The van der Waals surface area contributed by atoms with Crippen LogP contribution in [0.4, 0.5) is 0 Å². The summed E-state index contributed by atoms with van der Waals surface area (Å²) in [4.78, 5) is 5.81. The molecule has 1 aromatic heterocycles. The summed E-state index contributed by atoms with van der Waals surface area (Å²) < 4.78 is 10.9. The number of rotatable bonds is 6. The van der Waals surface area contributed by atoms with Gasteiger partial charge in [0, 0.05) is 17.0 Å². The number of aryl methyl sites for hydroxylation is 1. The fourth-order valence-electron chi connectivity index (χ4n) is 2.02. The predicted octanol–water partition coefficient (Wildman–Crippen LogP) is 3.24. The van der Waals surface area contributed by atoms with E-state index in [1.807, 2.05) is 25.1 Å². The molecule has 2 aromatic rings. The molecule has 2 N–H and O–H groups in total. The first-order chi connectivity index (χ1) is 9.73. The zero-order valence-electron chi connectivity index (χ0n) is 12.1. The first kappa shape index (κ1) is 14.8. The van der Waals surface area contributed by atoms with Crippen LogP contribution in [0, 0.1) is 0 Å². The zero-order chi connectivity index (χ0) is 14.5. The molecule has 0 bridgehead atoms. The van der Waals surface area contributed by atoms with E-state index in [1.54, 1.807) is 18.4 Å². The quantitative estimate of drug-likeness (QED) is 0.888. The van der Waals surface area contributed by atoms with E-state index in [9.17, 15) is 0 Å². The van der Waals surface area contributed by atoms with Gasteiger partial charge in [-0.15, -0.1) is 11.3 Å². The van der Waals surface area contributed by atoms with Gasteiger partial charge in [-0.2, -0.15) is 0 Å². The van der Waals surface area contributed by atoms with Crippen molar-refractivity contribution in [2.45, 2.75) is 26.8 Å². The van der Waals surface area contributed by atoms with Gasteiger partial charge in [-0.3, -0.25) is 0 Å². The van der Waals surface area contributed by atoms with Crippen molar-refractivity contribution in [1.29, 1.82) is 0 Å². The first-order valence-electron chi connectivity index (χ1n) is 6.73. The molecule has 0 aliphatic rings. The molecular formula is C15H20N2O2S. The maximum atomic E-state index is 5.76. The molecule has 0 radical (unpaired) electrons. The van der Waals surface area contributed by atoms with Gasteiger partial charge in [0.1, 0.15) is 5.01 Å². The second kappa shape index (κ2) is 6.72. The van der Waals surface area contributed by atoms with Crippen molar-refractivity contribution in [2.75, 3.05) is 13.7 Å². The van der Waals surface area contributed by atoms with E-state index in [1.165, 1.54) is 0 Å². The van der Waals surface area contributed by atoms with Crippen LogP contribution in [0.2, 0.25) is 0 Å². The zero-order valence-corrected chi connectivity index (χ0v) is 12.9. The third kappa shape index (κ3) is 2.94. The molecule has 0 amide bonds. The summed E-state index contributed by atoms with van der Waals surface area (Å²) in [6.45, 7) is 5.20. The molecule has 0 aliphatic carbocycles. The monoisotopic (exact) mass is 292 g/mol. The van der Waals surface area contributed by atoms with Crippen LogP contribution in [0.15, 0.2) is 18.2 Å². The molecule has 0 saturated carbocycles.